The zero-order chi connectivity index (χ0) is 7.61. The smallest absolute Gasteiger partial charge is 0.265 e. The second-order valence-corrected chi connectivity index (χ2v) is 2.66. The number of carbonyl (C=O) groups excluding carboxylic acids is 1. The third-order valence-corrected chi connectivity index (χ3v) is 1.83. The predicted molar refractivity (Wildman–Crippen MR) is 35.9 cm³/mol. The number of carbonyl (C=O) groups is 1. The molecule has 1 rings (SSSR count). The van der Waals surface area contributed by atoms with Crippen molar-refractivity contribution in [1.82, 2.24) is 5.43 Å². The molecule has 0 aromatic heterocycles. The van der Waals surface area contributed by atoms with Crippen LogP contribution in [0.2, 0.25) is 0 Å². The van der Waals surface area contributed by atoms with Gasteiger partial charge >= 0.3 is 0 Å². The molecule has 1 unspecified atom stereocenters. The molecule has 0 bridgehead atoms. The second kappa shape index (κ2) is 2.56. The lowest BCUT2D eigenvalue weighted by molar-refractivity contribution is -0.139. The lowest BCUT2D eigenvalue weighted by atomic mass is 10.0. The van der Waals surface area contributed by atoms with E-state index >= 15 is 0 Å². The van der Waals surface area contributed by atoms with Gasteiger partial charge in [0.15, 0.2) is 0 Å². The van der Waals surface area contributed by atoms with Crippen LogP contribution in [-0.4, -0.2) is 18.1 Å². The van der Waals surface area contributed by atoms with Gasteiger partial charge in [-0.25, -0.2) is 5.84 Å². The fourth-order valence-corrected chi connectivity index (χ4v) is 1.11. The summed E-state index contributed by atoms with van der Waals surface area (Å²) in [5.74, 6) is 4.73. The molecule has 0 radical (unpaired) electrons. The maximum Gasteiger partial charge on any atom is 0.265 e. The number of hydrazine groups is 1. The fraction of sp³-hybridized carbons (Fsp3) is 0.833. The summed E-state index contributed by atoms with van der Waals surface area (Å²) in [6.45, 7) is 2.41. The number of amides is 1. The van der Waals surface area contributed by atoms with Crippen LogP contribution in [0.15, 0.2) is 0 Å². The van der Waals surface area contributed by atoms with Gasteiger partial charge in [-0.05, 0) is 19.8 Å². The third kappa shape index (κ3) is 1.12. The van der Waals surface area contributed by atoms with E-state index in [-0.39, 0.29) is 5.91 Å². The molecule has 4 nitrogen and oxygen atoms in total. The zero-order valence-electron chi connectivity index (χ0n) is 6.02. The molecule has 4 heteroatoms. The molecule has 1 atom stereocenters. The number of rotatable bonds is 1. The molecule has 0 aromatic rings. The van der Waals surface area contributed by atoms with Gasteiger partial charge in [0.2, 0.25) is 0 Å². The Balaban J connectivity index is 2.58. The molecule has 1 fully saturated rings. The van der Waals surface area contributed by atoms with Gasteiger partial charge in [0.1, 0.15) is 5.60 Å². The summed E-state index contributed by atoms with van der Waals surface area (Å²) in [5, 5.41) is 0. The van der Waals surface area contributed by atoms with Crippen molar-refractivity contribution < 1.29 is 9.53 Å². The van der Waals surface area contributed by atoms with E-state index < -0.39 is 5.60 Å². The van der Waals surface area contributed by atoms with Crippen molar-refractivity contribution in [2.24, 2.45) is 5.84 Å². The van der Waals surface area contributed by atoms with Gasteiger partial charge < -0.3 is 4.74 Å². The minimum absolute atomic E-state index is 0.231. The first-order chi connectivity index (χ1) is 4.69. The Morgan fingerprint density at radius 1 is 1.80 bits per heavy atom. The summed E-state index contributed by atoms with van der Waals surface area (Å²) >= 11 is 0. The lowest BCUT2D eigenvalue weighted by Crippen LogP contribution is -2.46. The Bertz CT molecular complexity index is 141. The fourth-order valence-electron chi connectivity index (χ4n) is 1.11. The van der Waals surface area contributed by atoms with Crippen molar-refractivity contribution in [3.8, 4) is 0 Å². The SMILES string of the molecule is CC1(C(=O)NN)CCCO1. The van der Waals surface area contributed by atoms with E-state index in [0.717, 1.165) is 12.8 Å². The summed E-state index contributed by atoms with van der Waals surface area (Å²) in [5.41, 5.74) is 1.41. The van der Waals surface area contributed by atoms with Crippen LogP contribution in [0.5, 0.6) is 0 Å². The highest BCUT2D eigenvalue weighted by Crippen LogP contribution is 2.24. The van der Waals surface area contributed by atoms with Gasteiger partial charge in [-0.15, -0.1) is 0 Å². The van der Waals surface area contributed by atoms with Gasteiger partial charge in [-0.3, -0.25) is 10.2 Å². The minimum Gasteiger partial charge on any atom is -0.365 e. The van der Waals surface area contributed by atoms with Gasteiger partial charge in [-0.1, -0.05) is 0 Å². The van der Waals surface area contributed by atoms with Crippen LogP contribution in [0.3, 0.4) is 0 Å². The molecule has 1 aliphatic rings. The molecule has 1 saturated heterocycles. The van der Waals surface area contributed by atoms with Crippen LogP contribution in [0, 0.1) is 0 Å². The molecule has 0 saturated carbocycles. The number of nitrogens with one attached hydrogen (secondary N) is 1. The van der Waals surface area contributed by atoms with Gasteiger partial charge in [-0.2, -0.15) is 0 Å². The summed E-state index contributed by atoms with van der Waals surface area (Å²) < 4.78 is 5.20. The van der Waals surface area contributed by atoms with Crippen molar-refractivity contribution in [2.45, 2.75) is 25.4 Å². The first kappa shape index (κ1) is 7.50. The van der Waals surface area contributed by atoms with Gasteiger partial charge in [0.05, 0.1) is 0 Å². The molecule has 0 aliphatic carbocycles. The average Bonchev–Trinajstić information content (AvgIpc) is 2.36. The Labute approximate surface area is 59.7 Å². The Morgan fingerprint density at radius 3 is 2.90 bits per heavy atom. The molecule has 58 valence electrons. The number of hydrogen-bond donors (Lipinski definition) is 2. The van der Waals surface area contributed by atoms with Crippen molar-refractivity contribution in [2.75, 3.05) is 6.61 Å². The predicted octanol–water partition coefficient (Wildman–Crippen LogP) is -0.455. The van der Waals surface area contributed by atoms with E-state index in [4.69, 9.17) is 10.6 Å². The summed E-state index contributed by atoms with van der Waals surface area (Å²) in [4.78, 5) is 11.0. The van der Waals surface area contributed by atoms with Crippen LogP contribution < -0.4 is 11.3 Å². The van der Waals surface area contributed by atoms with Gasteiger partial charge in [0, 0.05) is 6.61 Å². The Kier molecular flexibility index (Phi) is 1.92. The number of ether oxygens (including phenoxy) is 1. The number of nitrogens with two attached hydrogens (primary N) is 1. The standard InChI is InChI=1S/C6H12N2O2/c1-6(5(9)8-7)3-2-4-10-6/h2-4,7H2,1H3,(H,8,9). The van der Waals surface area contributed by atoms with Crippen LogP contribution in [0.4, 0.5) is 0 Å². The summed E-state index contributed by atoms with van der Waals surface area (Å²) in [6, 6.07) is 0. The Morgan fingerprint density at radius 2 is 2.50 bits per heavy atom. The molecular weight excluding hydrogens is 132 g/mol. The van der Waals surface area contributed by atoms with Crippen molar-refractivity contribution in [1.29, 1.82) is 0 Å². The summed E-state index contributed by atoms with van der Waals surface area (Å²) in [6.07, 6.45) is 1.69. The maximum atomic E-state index is 11.0. The monoisotopic (exact) mass is 144 g/mol. The lowest BCUT2D eigenvalue weighted by Gasteiger charge is -2.19. The Hall–Kier alpha value is -0.610. The summed E-state index contributed by atoms with van der Waals surface area (Å²) in [7, 11) is 0. The first-order valence-corrected chi connectivity index (χ1v) is 3.34. The highest BCUT2D eigenvalue weighted by molar-refractivity contribution is 5.84. The molecule has 1 aliphatic heterocycles. The largest absolute Gasteiger partial charge is 0.365 e. The normalized spacial score (nSPS) is 32.2. The van der Waals surface area contributed by atoms with E-state index in [0.29, 0.717) is 6.61 Å². The van der Waals surface area contributed by atoms with E-state index in [1.165, 1.54) is 0 Å². The molecule has 0 aromatic carbocycles. The van der Waals surface area contributed by atoms with Crippen LogP contribution in [0.1, 0.15) is 19.8 Å². The van der Waals surface area contributed by atoms with E-state index in [9.17, 15) is 4.79 Å². The minimum atomic E-state index is -0.672. The van der Waals surface area contributed by atoms with Crippen molar-refractivity contribution in [3.05, 3.63) is 0 Å². The maximum absolute atomic E-state index is 11.0. The molecular formula is C6H12N2O2. The van der Waals surface area contributed by atoms with Gasteiger partial charge in [0.25, 0.3) is 5.91 Å². The van der Waals surface area contributed by atoms with E-state index in [1.54, 1.807) is 6.92 Å². The average molecular weight is 144 g/mol. The third-order valence-electron chi connectivity index (χ3n) is 1.83. The molecule has 10 heavy (non-hydrogen) atoms. The number of hydrogen-bond acceptors (Lipinski definition) is 3. The van der Waals surface area contributed by atoms with E-state index in [2.05, 4.69) is 5.43 Å². The highest BCUT2D eigenvalue weighted by atomic mass is 16.5. The van der Waals surface area contributed by atoms with Crippen LogP contribution in [-0.2, 0) is 9.53 Å². The zero-order valence-corrected chi connectivity index (χ0v) is 6.02. The topological polar surface area (TPSA) is 64.4 Å². The first-order valence-electron chi connectivity index (χ1n) is 3.34. The van der Waals surface area contributed by atoms with E-state index in [1.807, 2.05) is 0 Å². The molecule has 3 N–H and O–H groups in total. The molecule has 1 heterocycles. The highest BCUT2D eigenvalue weighted by Gasteiger charge is 2.36. The second-order valence-electron chi connectivity index (χ2n) is 2.66. The van der Waals surface area contributed by atoms with Crippen molar-refractivity contribution >= 4 is 5.91 Å². The molecule has 0 spiro atoms. The quantitative estimate of drug-likeness (QED) is 0.297. The van der Waals surface area contributed by atoms with Crippen LogP contribution >= 0.6 is 0 Å². The molecule has 1 amide bonds. The van der Waals surface area contributed by atoms with Crippen molar-refractivity contribution in [3.63, 3.8) is 0 Å². The van der Waals surface area contributed by atoms with Crippen LogP contribution in [0.25, 0.3) is 0 Å².